The first-order chi connectivity index (χ1) is 17.2. The van der Waals surface area contributed by atoms with Crippen molar-refractivity contribution in [1.29, 1.82) is 0 Å². The zero-order chi connectivity index (χ0) is 23.8. The second kappa shape index (κ2) is 8.83. The molecule has 6 rings (SSSR count). The average molecular weight is 468 g/mol. The van der Waals surface area contributed by atoms with E-state index in [9.17, 15) is 9.59 Å². The predicted octanol–water partition coefficient (Wildman–Crippen LogP) is 4.41. The summed E-state index contributed by atoms with van der Waals surface area (Å²) < 4.78 is 10.8. The largest absolute Gasteiger partial charge is 0.454 e. The van der Waals surface area contributed by atoms with Gasteiger partial charge in [-0.15, -0.1) is 0 Å². The van der Waals surface area contributed by atoms with Gasteiger partial charge in [0.05, 0.1) is 12.1 Å². The number of nitrogens with zero attached hydrogens (tertiary/aromatic N) is 2. The molecule has 3 aromatic carbocycles. The predicted molar refractivity (Wildman–Crippen MR) is 133 cm³/mol. The number of nitrogens with one attached hydrogen (secondary N) is 1. The highest BCUT2D eigenvalue weighted by Crippen LogP contribution is 2.35. The lowest BCUT2D eigenvalue weighted by atomic mass is 10.0. The lowest BCUT2D eigenvalue weighted by Gasteiger charge is -2.18. The van der Waals surface area contributed by atoms with Crippen molar-refractivity contribution in [2.24, 2.45) is 0 Å². The molecule has 3 aliphatic rings. The van der Waals surface area contributed by atoms with E-state index in [0.29, 0.717) is 22.6 Å². The number of amides is 2. The third kappa shape index (κ3) is 3.99. The van der Waals surface area contributed by atoms with Crippen LogP contribution in [-0.2, 0) is 16.1 Å². The molecule has 0 aliphatic carbocycles. The Bertz CT molecular complexity index is 1310. The normalized spacial score (nSPS) is 17.0. The van der Waals surface area contributed by atoms with Crippen LogP contribution in [0.25, 0.3) is 5.57 Å². The Hall–Kier alpha value is -4.26. The van der Waals surface area contributed by atoms with Crippen LogP contribution < -0.4 is 19.7 Å². The second-order valence-corrected chi connectivity index (χ2v) is 8.87. The molecule has 3 aliphatic heterocycles. The standard InChI is InChI=1S/C28H25N3O4/c32-27-25(20-6-2-1-3-7-20)26(29-21-9-11-22(12-10-21)30-14-4-5-15-30)28(33)31(27)17-19-8-13-23-24(16-19)35-18-34-23/h1-3,6-13,16,29H,4-5,14-15,17-18H2. The third-order valence-corrected chi connectivity index (χ3v) is 6.62. The van der Waals surface area contributed by atoms with Crippen molar-refractivity contribution in [3.63, 3.8) is 0 Å². The zero-order valence-corrected chi connectivity index (χ0v) is 19.2. The Kier molecular flexibility index (Phi) is 5.37. The number of ether oxygens (including phenoxy) is 2. The smallest absolute Gasteiger partial charge is 0.278 e. The number of fused-ring (bicyclic) bond motifs is 1. The minimum Gasteiger partial charge on any atom is -0.454 e. The van der Waals surface area contributed by atoms with Crippen LogP contribution in [0.5, 0.6) is 11.5 Å². The van der Waals surface area contributed by atoms with E-state index in [1.807, 2.05) is 54.6 Å². The van der Waals surface area contributed by atoms with E-state index in [-0.39, 0.29) is 30.8 Å². The number of benzene rings is 3. The molecule has 0 atom stereocenters. The van der Waals surface area contributed by atoms with Gasteiger partial charge in [0.1, 0.15) is 5.70 Å². The van der Waals surface area contributed by atoms with Gasteiger partial charge >= 0.3 is 0 Å². The van der Waals surface area contributed by atoms with E-state index < -0.39 is 0 Å². The third-order valence-electron chi connectivity index (χ3n) is 6.62. The van der Waals surface area contributed by atoms with E-state index in [1.54, 1.807) is 6.07 Å². The summed E-state index contributed by atoms with van der Waals surface area (Å²) in [5.41, 5.74) is 4.09. The quantitative estimate of drug-likeness (QED) is 0.542. The molecule has 0 saturated carbocycles. The fourth-order valence-corrected chi connectivity index (χ4v) is 4.81. The molecule has 1 saturated heterocycles. The van der Waals surface area contributed by atoms with Gasteiger partial charge in [-0.25, -0.2) is 0 Å². The van der Waals surface area contributed by atoms with Crippen molar-refractivity contribution in [2.45, 2.75) is 19.4 Å². The van der Waals surface area contributed by atoms with Crippen LogP contribution in [-0.4, -0.2) is 36.6 Å². The zero-order valence-electron chi connectivity index (χ0n) is 19.2. The number of carbonyl (C=O) groups excluding carboxylic acids is 2. The molecule has 0 spiro atoms. The highest BCUT2D eigenvalue weighted by Gasteiger charge is 2.39. The number of anilines is 2. The van der Waals surface area contributed by atoms with Crippen LogP contribution in [0.15, 0.2) is 78.5 Å². The molecule has 0 bridgehead atoms. The summed E-state index contributed by atoms with van der Waals surface area (Å²) in [6.45, 7) is 2.45. The number of carbonyl (C=O) groups is 2. The molecule has 0 radical (unpaired) electrons. The topological polar surface area (TPSA) is 71.1 Å². The van der Waals surface area contributed by atoms with Crippen molar-refractivity contribution >= 4 is 28.8 Å². The highest BCUT2D eigenvalue weighted by molar-refractivity contribution is 6.36. The van der Waals surface area contributed by atoms with Gasteiger partial charge in [-0.3, -0.25) is 14.5 Å². The highest BCUT2D eigenvalue weighted by atomic mass is 16.7. The Balaban J connectivity index is 1.30. The molecule has 1 N–H and O–H groups in total. The fraction of sp³-hybridized carbons (Fsp3) is 0.214. The summed E-state index contributed by atoms with van der Waals surface area (Å²) in [6.07, 6.45) is 2.42. The molecule has 1 fully saturated rings. The molecule has 3 aromatic rings. The monoisotopic (exact) mass is 467 g/mol. The van der Waals surface area contributed by atoms with Crippen LogP contribution in [0.2, 0.25) is 0 Å². The summed E-state index contributed by atoms with van der Waals surface area (Å²) >= 11 is 0. The minimum atomic E-state index is -0.352. The van der Waals surface area contributed by atoms with E-state index in [4.69, 9.17) is 9.47 Å². The van der Waals surface area contributed by atoms with Crippen molar-refractivity contribution in [3.8, 4) is 11.5 Å². The van der Waals surface area contributed by atoms with Gasteiger partial charge in [-0.05, 0) is 60.4 Å². The van der Waals surface area contributed by atoms with Crippen molar-refractivity contribution in [2.75, 3.05) is 30.1 Å². The van der Waals surface area contributed by atoms with Crippen molar-refractivity contribution in [1.82, 2.24) is 4.90 Å². The maximum Gasteiger partial charge on any atom is 0.278 e. The van der Waals surface area contributed by atoms with E-state index in [1.165, 1.54) is 23.4 Å². The fourth-order valence-electron chi connectivity index (χ4n) is 4.81. The van der Waals surface area contributed by atoms with Crippen LogP contribution in [0, 0.1) is 0 Å². The van der Waals surface area contributed by atoms with Crippen LogP contribution in [0.1, 0.15) is 24.0 Å². The molecule has 35 heavy (non-hydrogen) atoms. The molecule has 0 aromatic heterocycles. The maximum absolute atomic E-state index is 13.5. The molecule has 7 heteroatoms. The summed E-state index contributed by atoms with van der Waals surface area (Å²) in [5, 5.41) is 3.25. The lowest BCUT2D eigenvalue weighted by molar-refractivity contribution is -0.137. The number of hydrogen-bond acceptors (Lipinski definition) is 6. The first kappa shape index (κ1) is 21.3. The summed E-state index contributed by atoms with van der Waals surface area (Å²) in [5.74, 6) is 0.607. The van der Waals surface area contributed by atoms with Gasteiger partial charge in [0, 0.05) is 24.5 Å². The minimum absolute atomic E-state index is 0.143. The van der Waals surface area contributed by atoms with Crippen LogP contribution >= 0.6 is 0 Å². The molecular formula is C28H25N3O4. The van der Waals surface area contributed by atoms with Crippen molar-refractivity contribution in [3.05, 3.63) is 89.6 Å². The molecule has 3 heterocycles. The molecule has 176 valence electrons. The number of hydrogen-bond donors (Lipinski definition) is 1. The number of rotatable bonds is 6. The Labute approximate surface area is 203 Å². The molecule has 7 nitrogen and oxygen atoms in total. The van der Waals surface area contributed by atoms with Gasteiger partial charge in [-0.1, -0.05) is 36.4 Å². The van der Waals surface area contributed by atoms with E-state index in [2.05, 4.69) is 22.3 Å². The Morgan fingerprint density at radius 3 is 2.31 bits per heavy atom. The first-order valence-corrected chi connectivity index (χ1v) is 11.8. The Morgan fingerprint density at radius 1 is 0.800 bits per heavy atom. The first-order valence-electron chi connectivity index (χ1n) is 11.8. The SMILES string of the molecule is O=C1C(Nc2ccc(N3CCCC3)cc2)=C(c2ccccc2)C(=O)N1Cc1ccc2c(c1)OCO2. The van der Waals surface area contributed by atoms with E-state index >= 15 is 0 Å². The van der Waals surface area contributed by atoms with Gasteiger partial charge in [0.15, 0.2) is 11.5 Å². The second-order valence-electron chi connectivity index (χ2n) is 8.87. The van der Waals surface area contributed by atoms with Gasteiger partial charge in [0.2, 0.25) is 6.79 Å². The molecule has 2 amide bonds. The van der Waals surface area contributed by atoms with Gasteiger partial charge in [0.25, 0.3) is 11.8 Å². The Morgan fingerprint density at radius 2 is 1.54 bits per heavy atom. The summed E-state index contributed by atoms with van der Waals surface area (Å²) in [4.78, 5) is 30.7. The summed E-state index contributed by atoms with van der Waals surface area (Å²) in [7, 11) is 0. The average Bonchev–Trinajstić information content (AvgIpc) is 3.63. The lowest BCUT2D eigenvalue weighted by Crippen LogP contribution is -2.32. The number of imide groups is 1. The van der Waals surface area contributed by atoms with Gasteiger partial charge < -0.3 is 19.7 Å². The van der Waals surface area contributed by atoms with Crippen molar-refractivity contribution < 1.29 is 19.1 Å². The van der Waals surface area contributed by atoms with Crippen LogP contribution in [0.4, 0.5) is 11.4 Å². The van der Waals surface area contributed by atoms with Gasteiger partial charge in [-0.2, -0.15) is 0 Å². The molecular weight excluding hydrogens is 442 g/mol. The van der Waals surface area contributed by atoms with E-state index in [0.717, 1.165) is 24.3 Å². The van der Waals surface area contributed by atoms with Crippen LogP contribution in [0.3, 0.4) is 0 Å². The maximum atomic E-state index is 13.5. The molecule has 0 unspecified atom stereocenters. The summed E-state index contributed by atoms with van der Waals surface area (Å²) in [6, 6.07) is 22.8.